The molecule has 0 spiro atoms. The molecule has 0 atom stereocenters. The molecule has 0 unspecified atom stereocenters. The van der Waals surface area contributed by atoms with Crippen LogP contribution >= 0.6 is 0 Å². The van der Waals surface area contributed by atoms with Crippen LogP contribution in [0.4, 0.5) is 0 Å². The second kappa shape index (κ2) is 11.7. The molecule has 3 aliphatic carbocycles. The van der Waals surface area contributed by atoms with Crippen LogP contribution in [-0.2, 0) is 25.1 Å². The molecule has 0 saturated heterocycles. The Balaban J connectivity index is 1.62. The van der Waals surface area contributed by atoms with Crippen molar-refractivity contribution in [3.05, 3.63) is 0 Å². The summed E-state index contributed by atoms with van der Waals surface area (Å²) in [6.07, 6.45) is 17.2. The van der Waals surface area contributed by atoms with Crippen molar-refractivity contribution in [2.24, 2.45) is 0 Å². The van der Waals surface area contributed by atoms with E-state index in [1.165, 1.54) is 77.0 Å². The number of ether oxygens (including phenoxy) is 3. The van der Waals surface area contributed by atoms with Crippen molar-refractivity contribution in [2.75, 3.05) is 0 Å². The van der Waals surface area contributed by atoms with Gasteiger partial charge in [-0.2, -0.15) is 0 Å². The van der Waals surface area contributed by atoms with Crippen LogP contribution in [-0.4, -0.2) is 50.9 Å². The first-order chi connectivity index (χ1) is 15.7. The summed E-state index contributed by atoms with van der Waals surface area (Å²) in [4.78, 5) is 0. The Kier molecular flexibility index (Phi) is 9.94. The normalized spacial score (nSPS) is 35.2. The summed E-state index contributed by atoms with van der Waals surface area (Å²) in [6.45, 7) is 19.9. The lowest BCUT2D eigenvalue weighted by molar-refractivity contribution is -0.0738. The topological polar surface area (TPSA) is 27.7 Å². The van der Waals surface area contributed by atoms with E-state index in [4.69, 9.17) is 14.2 Å². The fourth-order valence-electron chi connectivity index (χ4n) is 6.58. The Labute approximate surface area is 215 Å². The standard InChI is InChI=1S/C30H57O3S/c1-28(2,3)31-22-10-16-25(17-11-22)34(26-18-12-23(13-19-26)32-29(4,5)6)27-20-14-24(15-21-27)33-30(7,8)9/h22-27H,10-21H2,1-9H3/q+1. The quantitative estimate of drug-likeness (QED) is 0.348. The van der Waals surface area contributed by atoms with Crippen LogP contribution in [0, 0.1) is 0 Å². The van der Waals surface area contributed by atoms with Gasteiger partial charge in [0.15, 0.2) is 0 Å². The SMILES string of the molecule is CC(C)(C)OC1CCC([S+](C2CCC(OC(C)(C)C)CC2)C2CCC(OC(C)(C)C)CC2)CC1. The molecule has 4 heteroatoms. The van der Waals surface area contributed by atoms with Gasteiger partial charge in [0.2, 0.25) is 0 Å². The molecule has 3 fully saturated rings. The van der Waals surface area contributed by atoms with Crippen LogP contribution < -0.4 is 0 Å². The number of rotatable bonds is 6. The van der Waals surface area contributed by atoms with E-state index >= 15 is 0 Å². The Morgan fingerprint density at radius 2 is 0.588 bits per heavy atom. The second-order valence-corrected chi connectivity index (χ2v) is 17.1. The minimum Gasteiger partial charge on any atom is -0.373 e. The van der Waals surface area contributed by atoms with Gasteiger partial charge in [-0.05, 0) is 150 Å². The molecule has 0 aromatic carbocycles. The maximum Gasteiger partial charge on any atom is 0.119 e. The van der Waals surface area contributed by atoms with Crippen molar-refractivity contribution in [3.63, 3.8) is 0 Å². The van der Waals surface area contributed by atoms with Crippen LogP contribution in [0.25, 0.3) is 0 Å². The second-order valence-electron chi connectivity index (χ2n) is 14.3. The molecule has 200 valence electrons. The van der Waals surface area contributed by atoms with E-state index < -0.39 is 0 Å². The zero-order valence-electron chi connectivity index (χ0n) is 24.1. The maximum atomic E-state index is 6.39. The molecule has 0 aromatic heterocycles. The third kappa shape index (κ3) is 9.60. The minimum atomic E-state index is -0.0178. The van der Waals surface area contributed by atoms with Gasteiger partial charge >= 0.3 is 0 Å². The molecular formula is C30H57O3S+. The van der Waals surface area contributed by atoms with Gasteiger partial charge in [0.1, 0.15) is 15.7 Å². The van der Waals surface area contributed by atoms with E-state index in [2.05, 4.69) is 62.3 Å². The molecule has 0 N–H and O–H groups in total. The maximum absolute atomic E-state index is 6.39. The Morgan fingerprint density at radius 1 is 0.382 bits per heavy atom. The predicted octanol–water partition coefficient (Wildman–Crippen LogP) is 7.98. The molecule has 3 aliphatic rings. The van der Waals surface area contributed by atoms with E-state index in [-0.39, 0.29) is 16.8 Å². The van der Waals surface area contributed by atoms with Gasteiger partial charge in [-0.25, -0.2) is 0 Å². The first-order valence-corrected chi connectivity index (χ1v) is 15.8. The highest BCUT2D eigenvalue weighted by Crippen LogP contribution is 2.42. The van der Waals surface area contributed by atoms with Crippen LogP contribution in [0.5, 0.6) is 0 Å². The number of hydrogen-bond acceptors (Lipinski definition) is 3. The molecule has 34 heavy (non-hydrogen) atoms. The first kappa shape index (κ1) is 28.8. The lowest BCUT2D eigenvalue weighted by Crippen LogP contribution is -2.47. The molecule has 0 aliphatic heterocycles. The fraction of sp³-hybridized carbons (Fsp3) is 1.00. The smallest absolute Gasteiger partial charge is 0.119 e. The summed E-state index contributed by atoms with van der Waals surface area (Å²) < 4.78 is 19.2. The zero-order chi connectivity index (χ0) is 25.1. The van der Waals surface area contributed by atoms with E-state index in [9.17, 15) is 0 Å². The van der Waals surface area contributed by atoms with Crippen LogP contribution in [0.15, 0.2) is 0 Å². The Bertz CT molecular complexity index is 504. The lowest BCUT2D eigenvalue weighted by Gasteiger charge is -2.41. The highest BCUT2D eigenvalue weighted by atomic mass is 32.2. The van der Waals surface area contributed by atoms with Gasteiger partial charge in [-0.3, -0.25) is 0 Å². The van der Waals surface area contributed by atoms with Gasteiger partial charge in [0.05, 0.1) is 35.1 Å². The molecule has 0 radical (unpaired) electrons. The van der Waals surface area contributed by atoms with Gasteiger partial charge in [-0.15, -0.1) is 0 Å². The van der Waals surface area contributed by atoms with E-state index in [0.29, 0.717) is 29.2 Å². The third-order valence-corrected chi connectivity index (χ3v) is 11.3. The van der Waals surface area contributed by atoms with Gasteiger partial charge in [0, 0.05) is 0 Å². The first-order valence-electron chi connectivity index (χ1n) is 14.4. The minimum absolute atomic E-state index is 0.0178. The van der Waals surface area contributed by atoms with Crippen molar-refractivity contribution in [3.8, 4) is 0 Å². The summed E-state index contributed by atoms with van der Waals surface area (Å²) in [5, 5.41) is 2.74. The van der Waals surface area contributed by atoms with Crippen molar-refractivity contribution in [1.29, 1.82) is 0 Å². The average Bonchev–Trinajstić information content (AvgIpc) is 2.69. The summed E-state index contributed by atoms with van der Waals surface area (Å²) in [6, 6.07) is 0. The third-order valence-electron chi connectivity index (χ3n) is 7.58. The van der Waals surface area contributed by atoms with E-state index in [1.807, 2.05) is 0 Å². The van der Waals surface area contributed by atoms with Crippen molar-refractivity contribution in [2.45, 2.75) is 190 Å². The van der Waals surface area contributed by atoms with Gasteiger partial charge in [-0.1, -0.05) is 0 Å². The Hall–Kier alpha value is 0.230. The summed E-state index contributed by atoms with van der Waals surface area (Å²) >= 11 is 0. The molecule has 0 heterocycles. The van der Waals surface area contributed by atoms with Crippen LogP contribution in [0.2, 0.25) is 0 Å². The van der Waals surface area contributed by atoms with Crippen molar-refractivity contribution in [1.82, 2.24) is 0 Å². The Morgan fingerprint density at radius 3 is 0.765 bits per heavy atom. The predicted molar refractivity (Wildman–Crippen MR) is 148 cm³/mol. The molecule has 0 aromatic rings. The summed E-state index contributed by atoms with van der Waals surface area (Å²) in [5.41, 5.74) is -0.0534. The van der Waals surface area contributed by atoms with Crippen LogP contribution in [0.1, 0.15) is 139 Å². The molecular weight excluding hydrogens is 440 g/mol. The van der Waals surface area contributed by atoms with Gasteiger partial charge < -0.3 is 14.2 Å². The van der Waals surface area contributed by atoms with Gasteiger partial charge in [0.25, 0.3) is 0 Å². The summed E-state index contributed by atoms with van der Waals surface area (Å²) in [7, 11) is 0.535. The largest absolute Gasteiger partial charge is 0.373 e. The molecule has 3 saturated carbocycles. The molecule has 0 amide bonds. The monoisotopic (exact) mass is 497 g/mol. The number of hydrogen-bond donors (Lipinski definition) is 0. The fourth-order valence-corrected chi connectivity index (χ4v) is 10.7. The van der Waals surface area contributed by atoms with Crippen LogP contribution in [0.3, 0.4) is 0 Å². The van der Waals surface area contributed by atoms with Crippen molar-refractivity contribution < 1.29 is 14.2 Å². The van der Waals surface area contributed by atoms with E-state index in [1.54, 1.807) is 0 Å². The van der Waals surface area contributed by atoms with Crippen molar-refractivity contribution >= 4 is 10.9 Å². The lowest BCUT2D eigenvalue weighted by atomic mass is 9.95. The molecule has 3 rings (SSSR count). The van der Waals surface area contributed by atoms with E-state index in [0.717, 1.165) is 15.7 Å². The zero-order valence-corrected chi connectivity index (χ0v) is 24.9. The average molecular weight is 498 g/mol. The summed E-state index contributed by atoms with van der Waals surface area (Å²) in [5.74, 6) is 0. The molecule has 3 nitrogen and oxygen atoms in total. The molecule has 0 bridgehead atoms. The highest BCUT2D eigenvalue weighted by molar-refractivity contribution is 7.98. The highest BCUT2D eigenvalue weighted by Gasteiger charge is 2.48.